The molecule has 1 aromatic rings. The van der Waals surface area contributed by atoms with E-state index in [2.05, 4.69) is 10.3 Å². The molecule has 0 unspecified atom stereocenters. The molecule has 28 heavy (non-hydrogen) atoms. The van der Waals surface area contributed by atoms with E-state index in [1.807, 2.05) is 11.0 Å². The van der Waals surface area contributed by atoms with Gasteiger partial charge >= 0.3 is 0 Å². The highest BCUT2D eigenvalue weighted by atomic mass is 16.5. The first kappa shape index (κ1) is 19.2. The second kappa shape index (κ2) is 8.47. The van der Waals surface area contributed by atoms with Gasteiger partial charge in [-0.05, 0) is 50.7 Å². The monoisotopic (exact) mass is 386 g/mol. The number of amides is 2. The normalized spacial score (nSPS) is 23.9. The molecule has 7 heteroatoms. The minimum Gasteiger partial charge on any atom is -0.383 e. The molecule has 2 saturated heterocycles. The van der Waals surface area contributed by atoms with Crippen molar-refractivity contribution in [1.29, 1.82) is 0 Å². The summed E-state index contributed by atoms with van der Waals surface area (Å²) >= 11 is 0. The van der Waals surface area contributed by atoms with Crippen LogP contribution < -0.4 is 11.1 Å². The first-order valence-corrected chi connectivity index (χ1v) is 10.6. The number of ether oxygens (including phenoxy) is 1. The van der Waals surface area contributed by atoms with Gasteiger partial charge in [0, 0.05) is 37.4 Å². The van der Waals surface area contributed by atoms with Crippen molar-refractivity contribution in [2.75, 3.05) is 25.4 Å². The number of hydrogen-bond acceptors (Lipinski definition) is 5. The summed E-state index contributed by atoms with van der Waals surface area (Å²) in [6.07, 6.45) is 7.70. The first-order chi connectivity index (χ1) is 13.6. The Morgan fingerprint density at radius 2 is 1.82 bits per heavy atom. The lowest BCUT2D eigenvalue weighted by Gasteiger charge is -2.33. The lowest BCUT2D eigenvalue weighted by molar-refractivity contribution is -0.142. The van der Waals surface area contributed by atoms with Gasteiger partial charge in [0.15, 0.2) is 0 Å². The molecule has 0 bridgehead atoms. The standard InChI is InChI=1S/C21H30N4O3/c22-19-16(20(26)23-15-4-1-2-5-15)7-8-17(24-19)14-9-11-25(12-10-14)21(27)18-6-3-13-28-18/h7-8,14-15,18H,1-6,9-13H2,(H2,22,24)(H,23,26)/t18-/m0/s1. The van der Waals surface area contributed by atoms with Crippen molar-refractivity contribution in [2.24, 2.45) is 0 Å². The van der Waals surface area contributed by atoms with Gasteiger partial charge < -0.3 is 20.7 Å². The van der Waals surface area contributed by atoms with E-state index in [-0.39, 0.29) is 29.9 Å². The van der Waals surface area contributed by atoms with Gasteiger partial charge in [0.25, 0.3) is 11.8 Å². The van der Waals surface area contributed by atoms with Crippen LogP contribution in [0.2, 0.25) is 0 Å². The van der Waals surface area contributed by atoms with Crippen LogP contribution in [-0.4, -0.2) is 53.5 Å². The van der Waals surface area contributed by atoms with Crippen LogP contribution >= 0.6 is 0 Å². The molecule has 4 rings (SSSR count). The SMILES string of the molecule is Nc1nc(C2CCN(C(=O)[C@@H]3CCCO3)CC2)ccc1C(=O)NC1CCCC1. The number of carbonyl (C=O) groups is 2. The molecule has 3 N–H and O–H groups in total. The van der Waals surface area contributed by atoms with E-state index in [9.17, 15) is 9.59 Å². The Morgan fingerprint density at radius 1 is 1.07 bits per heavy atom. The van der Waals surface area contributed by atoms with Gasteiger partial charge in [-0.3, -0.25) is 9.59 Å². The maximum absolute atomic E-state index is 12.5. The van der Waals surface area contributed by atoms with Gasteiger partial charge in [-0.2, -0.15) is 0 Å². The molecule has 0 spiro atoms. The molecule has 2 aliphatic heterocycles. The number of nitrogens with one attached hydrogen (secondary N) is 1. The maximum atomic E-state index is 12.5. The van der Waals surface area contributed by atoms with Gasteiger partial charge in [0.1, 0.15) is 11.9 Å². The van der Waals surface area contributed by atoms with Gasteiger partial charge in [-0.1, -0.05) is 12.8 Å². The summed E-state index contributed by atoms with van der Waals surface area (Å²) in [5.74, 6) is 0.566. The van der Waals surface area contributed by atoms with Gasteiger partial charge in [0.2, 0.25) is 0 Å². The Hall–Kier alpha value is -2.15. The maximum Gasteiger partial charge on any atom is 0.255 e. The molecule has 0 aromatic carbocycles. The van der Waals surface area contributed by atoms with E-state index >= 15 is 0 Å². The highest BCUT2D eigenvalue weighted by molar-refractivity contribution is 5.98. The molecule has 152 valence electrons. The molecule has 1 aliphatic carbocycles. The highest BCUT2D eigenvalue weighted by Crippen LogP contribution is 2.29. The Labute approximate surface area is 166 Å². The summed E-state index contributed by atoms with van der Waals surface area (Å²) in [7, 11) is 0. The number of pyridine rings is 1. The third kappa shape index (κ3) is 4.14. The topological polar surface area (TPSA) is 97.6 Å². The van der Waals surface area contributed by atoms with Crippen LogP contribution in [0.3, 0.4) is 0 Å². The third-order valence-electron chi connectivity index (χ3n) is 6.31. The number of carbonyl (C=O) groups excluding carboxylic acids is 2. The number of nitrogen functional groups attached to an aromatic ring is 1. The molecule has 7 nitrogen and oxygen atoms in total. The van der Waals surface area contributed by atoms with Gasteiger partial charge in [-0.15, -0.1) is 0 Å². The van der Waals surface area contributed by atoms with Crippen LogP contribution in [0.15, 0.2) is 12.1 Å². The van der Waals surface area contributed by atoms with E-state index < -0.39 is 0 Å². The van der Waals surface area contributed by atoms with Gasteiger partial charge in [-0.25, -0.2) is 4.98 Å². The fraction of sp³-hybridized carbons (Fsp3) is 0.667. The first-order valence-electron chi connectivity index (χ1n) is 10.6. The zero-order valence-corrected chi connectivity index (χ0v) is 16.4. The Kier molecular flexibility index (Phi) is 5.80. The molecule has 2 amide bonds. The smallest absolute Gasteiger partial charge is 0.255 e. The summed E-state index contributed by atoms with van der Waals surface area (Å²) in [5, 5.41) is 3.06. The van der Waals surface area contributed by atoms with Crippen LogP contribution in [-0.2, 0) is 9.53 Å². The fourth-order valence-corrected chi connectivity index (χ4v) is 4.62. The summed E-state index contributed by atoms with van der Waals surface area (Å²) in [6, 6.07) is 3.98. The number of rotatable bonds is 4. The molecule has 1 aromatic heterocycles. The Bertz CT molecular complexity index is 718. The van der Waals surface area contributed by atoms with Crippen LogP contribution in [0.1, 0.15) is 73.3 Å². The van der Waals surface area contributed by atoms with Crippen molar-refractivity contribution in [3.63, 3.8) is 0 Å². The molecule has 3 heterocycles. The lowest BCUT2D eigenvalue weighted by Crippen LogP contribution is -2.43. The van der Waals surface area contributed by atoms with E-state index in [1.165, 1.54) is 12.8 Å². The molecular formula is C21H30N4O3. The minimum atomic E-state index is -0.247. The Balaban J connectivity index is 1.34. The molecule has 1 saturated carbocycles. The number of anilines is 1. The van der Waals surface area contributed by atoms with Crippen molar-refractivity contribution >= 4 is 17.6 Å². The van der Waals surface area contributed by atoms with E-state index in [1.54, 1.807) is 6.07 Å². The Morgan fingerprint density at radius 3 is 2.46 bits per heavy atom. The largest absolute Gasteiger partial charge is 0.383 e. The number of nitrogens with two attached hydrogens (primary N) is 1. The predicted octanol–water partition coefficient (Wildman–Crippen LogP) is 2.22. The van der Waals surface area contributed by atoms with Crippen LogP contribution in [0.25, 0.3) is 0 Å². The molecule has 0 radical (unpaired) electrons. The van der Waals surface area contributed by atoms with Gasteiger partial charge in [0.05, 0.1) is 5.56 Å². The number of likely N-dealkylation sites (tertiary alicyclic amines) is 1. The lowest BCUT2D eigenvalue weighted by atomic mass is 9.92. The van der Waals surface area contributed by atoms with Crippen LogP contribution in [0.4, 0.5) is 5.82 Å². The van der Waals surface area contributed by atoms with Crippen LogP contribution in [0.5, 0.6) is 0 Å². The zero-order chi connectivity index (χ0) is 19.5. The number of hydrogen-bond donors (Lipinski definition) is 2. The van der Waals surface area contributed by atoms with E-state index in [0.717, 1.165) is 57.3 Å². The van der Waals surface area contributed by atoms with Crippen LogP contribution in [0, 0.1) is 0 Å². The molecule has 3 aliphatic rings. The van der Waals surface area contributed by atoms with E-state index in [0.29, 0.717) is 18.0 Å². The van der Waals surface area contributed by atoms with Crippen molar-refractivity contribution < 1.29 is 14.3 Å². The second-order valence-corrected chi connectivity index (χ2v) is 8.22. The van der Waals surface area contributed by atoms with Crippen molar-refractivity contribution in [3.8, 4) is 0 Å². The van der Waals surface area contributed by atoms with Crippen molar-refractivity contribution in [1.82, 2.24) is 15.2 Å². The number of aromatic nitrogens is 1. The summed E-state index contributed by atoms with van der Waals surface area (Å²) in [5.41, 5.74) is 7.48. The molecule has 3 fully saturated rings. The summed E-state index contributed by atoms with van der Waals surface area (Å²) in [6.45, 7) is 2.13. The third-order valence-corrected chi connectivity index (χ3v) is 6.31. The fourth-order valence-electron chi connectivity index (χ4n) is 4.62. The average Bonchev–Trinajstić information content (AvgIpc) is 3.41. The summed E-state index contributed by atoms with van der Waals surface area (Å²) in [4.78, 5) is 31.4. The molecule has 1 atom stereocenters. The second-order valence-electron chi connectivity index (χ2n) is 8.22. The van der Waals surface area contributed by atoms with E-state index in [4.69, 9.17) is 10.5 Å². The minimum absolute atomic E-state index is 0.125. The van der Waals surface area contributed by atoms with Crippen molar-refractivity contribution in [2.45, 2.75) is 69.4 Å². The number of piperidine rings is 1. The predicted molar refractivity (Wildman–Crippen MR) is 106 cm³/mol. The molecular weight excluding hydrogens is 356 g/mol. The average molecular weight is 386 g/mol. The summed E-state index contributed by atoms with van der Waals surface area (Å²) < 4.78 is 5.52. The quantitative estimate of drug-likeness (QED) is 0.827. The zero-order valence-electron chi connectivity index (χ0n) is 16.4. The number of nitrogens with zero attached hydrogens (tertiary/aromatic N) is 2. The highest BCUT2D eigenvalue weighted by Gasteiger charge is 2.31. The van der Waals surface area contributed by atoms with Crippen molar-refractivity contribution in [3.05, 3.63) is 23.4 Å².